The van der Waals surface area contributed by atoms with Gasteiger partial charge in [0, 0.05) is 13.0 Å². The highest BCUT2D eigenvalue weighted by atomic mass is 32.2. The third kappa shape index (κ3) is 4.68. The minimum absolute atomic E-state index is 0.0426. The molecule has 1 heterocycles. The van der Waals surface area contributed by atoms with Crippen molar-refractivity contribution in [3.63, 3.8) is 0 Å². The Labute approximate surface area is 206 Å². The molecule has 0 bridgehead atoms. The first-order chi connectivity index (χ1) is 16.8. The van der Waals surface area contributed by atoms with E-state index in [9.17, 15) is 23.1 Å². The summed E-state index contributed by atoms with van der Waals surface area (Å²) in [6, 6.07) is 12.0. The minimum atomic E-state index is -3.34. The van der Waals surface area contributed by atoms with Crippen molar-refractivity contribution in [3.8, 4) is 11.1 Å². The average molecular weight is 497 g/mol. The van der Waals surface area contributed by atoms with E-state index in [1.165, 1.54) is 11.3 Å². The molecule has 1 aliphatic heterocycles. The third-order valence-electron chi connectivity index (χ3n) is 7.56. The molecule has 2 saturated carbocycles. The summed E-state index contributed by atoms with van der Waals surface area (Å²) in [5, 5.41) is 9.61. The fourth-order valence-corrected chi connectivity index (χ4v) is 7.23. The number of benzene rings is 2. The monoisotopic (exact) mass is 496 g/mol. The number of hydrogen-bond donors (Lipinski definition) is 1. The van der Waals surface area contributed by atoms with Gasteiger partial charge in [-0.2, -0.15) is 0 Å². The normalized spacial score (nSPS) is 21.0. The number of rotatable bonds is 5. The van der Waals surface area contributed by atoms with Gasteiger partial charge in [0.2, 0.25) is 5.91 Å². The van der Waals surface area contributed by atoms with Gasteiger partial charge in [0.1, 0.15) is 0 Å². The Morgan fingerprint density at radius 1 is 0.943 bits per heavy atom. The van der Waals surface area contributed by atoms with Gasteiger partial charge in [-0.25, -0.2) is 13.2 Å². The standard InChI is InChI=1S/C27H32N2O5S/c1-18-17-28(27(31)32)25-16-21(20-8-5-9-23(15-20)35(33,34)22-11-12-22)10-13-24(25)29(18)26(30)14-19-6-3-2-4-7-19/h5,8-10,13,15-16,18-19,22H,2-4,6-7,11-12,14,17H2,1H3,(H,31,32)/t18-/m0/s1. The summed E-state index contributed by atoms with van der Waals surface area (Å²) in [5.41, 5.74) is 2.48. The molecule has 0 spiro atoms. The maximum Gasteiger partial charge on any atom is 0.411 e. The first-order valence-electron chi connectivity index (χ1n) is 12.6. The molecule has 5 rings (SSSR count). The Balaban J connectivity index is 1.50. The Kier molecular flexibility index (Phi) is 6.34. The molecule has 2 amide bonds. The molecule has 7 nitrogen and oxygen atoms in total. The van der Waals surface area contributed by atoms with Gasteiger partial charge in [0.15, 0.2) is 9.84 Å². The number of nitrogens with zero attached hydrogens (tertiary/aromatic N) is 2. The van der Waals surface area contributed by atoms with Gasteiger partial charge in [-0.3, -0.25) is 9.69 Å². The van der Waals surface area contributed by atoms with E-state index >= 15 is 0 Å². The van der Waals surface area contributed by atoms with Crippen LogP contribution in [0.2, 0.25) is 0 Å². The predicted molar refractivity (Wildman–Crippen MR) is 136 cm³/mol. The van der Waals surface area contributed by atoms with Crippen molar-refractivity contribution in [2.45, 2.75) is 74.5 Å². The van der Waals surface area contributed by atoms with Gasteiger partial charge in [0.25, 0.3) is 0 Å². The van der Waals surface area contributed by atoms with Gasteiger partial charge in [-0.15, -0.1) is 0 Å². The second-order valence-electron chi connectivity index (χ2n) is 10.2. The Hall–Kier alpha value is -2.87. The van der Waals surface area contributed by atoms with Gasteiger partial charge in [-0.05, 0) is 73.9 Å². The predicted octanol–water partition coefficient (Wildman–Crippen LogP) is 5.48. The number of sulfone groups is 1. The quantitative estimate of drug-likeness (QED) is 0.591. The number of anilines is 2. The highest BCUT2D eigenvalue weighted by molar-refractivity contribution is 7.92. The van der Waals surface area contributed by atoms with E-state index in [4.69, 9.17) is 0 Å². The van der Waals surface area contributed by atoms with Crippen LogP contribution in [0, 0.1) is 5.92 Å². The van der Waals surface area contributed by atoms with E-state index < -0.39 is 15.9 Å². The van der Waals surface area contributed by atoms with Crippen molar-refractivity contribution in [2.75, 3.05) is 16.3 Å². The molecule has 186 valence electrons. The van der Waals surface area contributed by atoms with Crippen LogP contribution in [-0.2, 0) is 14.6 Å². The molecule has 0 aromatic heterocycles. The molecule has 0 unspecified atom stereocenters. The fraction of sp³-hybridized carbons (Fsp3) is 0.481. The van der Waals surface area contributed by atoms with Crippen LogP contribution in [0.3, 0.4) is 0 Å². The zero-order chi connectivity index (χ0) is 24.7. The molecule has 3 aliphatic rings. The number of amides is 2. The van der Waals surface area contributed by atoms with E-state index in [1.54, 1.807) is 35.2 Å². The van der Waals surface area contributed by atoms with Crippen LogP contribution in [-0.4, -0.2) is 43.4 Å². The largest absolute Gasteiger partial charge is 0.465 e. The zero-order valence-corrected chi connectivity index (χ0v) is 20.8. The molecule has 35 heavy (non-hydrogen) atoms. The fourth-order valence-electron chi connectivity index (χ4n) is 5.53. The second-order valence-corrected chi connectivity index (χ2v) is 12.4. The number of carbonyl (C=O) groups excluding carboxylic acids is 1. The lowest BCUT2D eigenvalue weighted by atomic mass is 9.86. The molecule has 2 aromatic rings. The molecule has 2 aliphatic carbocycles. The summed E-state index contributed by atoms with van der Waals surface area (Å²) < 4.78 is 25.5. The lowest BCUT2D eigenvalue weighted by Gasteiger charge is -2.41. The topological polar surface area (TPSA) is 95.0 Å². The lowest BCUT2D eigenvalue weighted by molar-refractivity contribution is -0.120. The maximum atomic E-state index is 13.4. The summed E-state index contributed by atoms with van der Waals surface area (Å²) in [6.07, 6.45) is 6.50. The highest BCUT2D eigenvalue weighted by Gasteiger charge is 2.38. The van der Waals surface area contributed by atoms with E-state index in [-0.39, 0.29) is 23.7 Å². The van der Waals surface area contributed by atoms with Gasteiger partial charge in [-0.1, -0.05) is 37.5 Å². The van der Waals surface area contributed by atoms with Crippen LogP contribution in [0.25, 0.3) is 11.1 Å². The summed E-state index contributed by atoms with van der Waals surface area (Å²) in [7, 11) is -3.34. The van der Waals surface area contributed by atoms with E-state index in [2.05, 4.69) is 0 Å². The molecule has 2 fully saturated rings. The molecular weight excluding hydrogens is 464 g/mol. The molecule has 8 heteroatoms. The summed E-state index contributed by atoms with van der Waals surface area (Å²) in [6.45, 7) is 2.08. The van der Waals surface area contributed by atoms with Gasteiger partial charge < -0.3 is 10.0 Å². The first-order valence-corrected chi connectivity index (χ1v) is 14.1. The summed E-state index contributed by atoms with van der Waals surface area (Å²) in [5.74, 6) is 0.431. The van der Waals surface area contributed by atoms with Crippen molar-refractivity contribution >= 4 is 33.2 Å². The Bertz CT molecular complexity index is 1250. The number of carboxylic acid groups (broad SMARTS) is 1. The van der Waals surface area contributed by atoms with E-state index in [0.717, 1.165) is 31.2 Å². The number of carbonyl (C=O) groups is 2. The Morgan fingerprint density at radius 2 is 1.66 bits per heavy atom. The zero-order valence-electron chi connectivity index (χ0n) is 20.0. The first kappa shape index (κ1) is 23.9. The van der Waals surface area contributed by atoms with Crippen molar-refractivity contribution in [3.05, 3.63) is 42.5 Å². The maximum absolute atomic E-state index is 13.4. The average Bonchev–Trinajstić information content (AvgIpc) is 3.70. The van der Waals surface area contributed by atoms with Crippen molar-refractivity contribution in [2.24, 2.45) is 5.92 Å². The van der Waals surface area contributed by atoms with E-state index in [0.29, 0.717) is 47.0 Å². The molecule has 0 radical (unpaired) electrons. The van der Waals surface area contributed by atoms with Crippen molar-refractivity contribution < 1.29 is 23.1 Å². The second kappa shape index (κ2) is 9.30. The van der Waals surface area contributed by atoms with Crippen LogP contribution < -0.4 is 9.80 Å². The van der Waals surface area contributed by atoms with Crippen LogP contribution in [0.5, 0.6) is 0 Å². The SMILES string of the molecule is C[C@H]1CN(C(=O)O)c2cc(-c3cccc(S(=O)(=O)C4CC4)c3)ccc2N1C(=O)CC1CCCCC1. The summed E-state index contributed by atoms with van der Waals surface area (Å²) in [4.78, 5) is 28.9. The van der Waals surface area contributed by atoms with Crippen LogP contribution in [0.15, 0.2) is 47.4 Å². The minimum Gasteiger partial charge on any atom is -0.465 e. The third-order valence-corrected chi connectivity index (χ3v) is 9.82. The van der Waals surface area contributed by atoms with E-state index in [1.807, 2.05) is 19.1 Å². The molecule has 1 atom stereocenters. The lowest BCUT2D eigenvalue weighted by Crippen LogP contribution is -2.52. The molecule has 1 N–H and O–H groups in total. The van der Waals surface area contributed by atoms with Gasteiger partial charge in [0.05, 0.1) is 27.6 Å². The summed E-state index contributed by atoms with van der Waals surface area (Å²) >= 11 is 0. The highest BCUT2D eigenvalue weighted by Crippen LogP contribution is 2.41. The van der Waals surface area contributed by atoms with Crippen molar-refractivity contribution in [1.29, 1.82) is 0 Å². The van der Waals surface area contributed by atoms with Crippen LogP contribution in [0.4, 0.5) is 16.2 Å². The molecular formula is C27H32N2O5S. The van der Waals surface area contributed by atoms with Crippen LogP contribution >= 0.6 is 0 Å². The molecule has 0 saturated heterocycles. The Morgan fingerprint density at radius 3 is 2.34 bits per heavy atom. The molecule has 2 aromatic carbocycles. The van der Waals surface area contributed by atoms with Gasteiger partial charge >= 0.3 is 6.09 Å². The number of fused-ring (bicyclic) bond motifs is 1. The van der Waals surface area contributed by atoms with Crippen molar-refractivity contribution in [1.82, 2.24) is 0 Å². The van der Waals surface area contributed by atoms with Crippen LogP contribution in [0.1, 0.15) is 58.3 Å². The number of hydrogen-bond acceptors (Lipinski definition) is 4. The smallest absolute Gasteiger partial charge is 0.411 e.